The van der Waals surface area contributed by atoms with E-state index in [4.69, 9.17) is 0 Å². The predicted molar refractivity (Wildman–Crippen MR) is 82.2 cm³/mol. The van der Waals surface area contributed by atoms with Crippen molar-refractivity contribution in [2.75, 3.05) is 18.4 Å². The molecule has 3 atom stereocenters. The molecule has 6 nitrogen and oxygen atoms in total. The summed E-state index contributed by atoms with van der Waals surface area (Å²) in [6, 6.07) is 1.97. The van der Waals surface area contributed by atoms with Gasteiger partial charge in [-0.2, -0.15) is 5.10 Å². The summed E-state index contributed by atoms with van der Waals surface area (Å²) in [7, 11) is 0. The lowest BCUT2D eigenvalue weighted by atomic mass is 9.94. The van der Waals surface area contributed by atoms with Crippen molar-refractivity contribution in [2.45, 2.75) is 52.2 Å². The highest BCUT2D eigenvalue weighted by Crippen LogP contribution is 2.21. The average molecular weight is 294 g/mol. The van der Waals surface area contributed by atoms with Crippen LogP contribution in [0.15, 0.2) is 12.3 Å². The van der Waals surface area contributed by atoms with Crippen LogP contribution in [-0.4, -0.2) is 45.0 Å². The summed E-state index contributed by atoms with van der Waals surface area (Å²) in [5, 5.41) is 16.9. The normalized spacial score (nSPS) is 21.9. The van der Waals surface area contributed by atoms with Crippen LogP contribution in [-0.2, 0) is 0 Å². The van der Waals surface area contributed by atoms with E-state index in [-0.39, 0.29) is 24.1 Å². The first-order chi connectivity index (χ1) is 10.0. The van der Waals surface area contributed by atoms with E-state index in [0.717, 1.165) is 31.6 Å². The van der Waals surface area contributed by atoms with Crippen LogP contribution < -0.4 is 5.32 Å². The van der Waals surface area contributed by atoms with Crippen LogP contribution in [0.25, 0.3) is 0 Å². The van der Waals surface area contributed by atoms with Crippen molar-refractivity contribution >= 4 is 11.8 Å². The van der Waals surface area contributed by atoms with E-state index in [1.54, 1.807) is 18.0 Å². The molecule has 0 aromatic carbocycles. The molecule has 118 valence electrons. The average Bonchev–Trinajstić information content (AvgIpc) is 2.94. The lowest BCUT2D eigenvalue weighted by Gasteiger charge is -2.34. The van der Waals surface area contributed by atoms with Gasteiger partial charge in [0.2, 0.25) is 0 Å². The standard InChI is InChI=1S/C15H26N4O2/c1-4-11(2)19-14(7-8-16-19)17-15(21)18-9-5-6-13(10-18)12(3)20/h7-8,11-13,20H,4-6,9-10H2,1-3H3,(H,17,21). The third-order valence-electron chi connectivity index (χ3n) is 4.34. The van der Waals surface area contributed by atoms with Gasteiger partial charge in [0.1, 0.15) is 5.82 Å². The maximum Gasteiger partial charge on any atom is 0.323 e. The number of hydrogen-bond donors (Lipinski definition) is 2. The lowest BCUT2D eigenvalue weighted by molar-refractivity contribution is 0.0765. The molecule has 1 aromatic heterocycles. The third kappa shape index (κ3) is 3.75. The topological polar surface area (TPSA) is 70.4 Å². The van der Waals surface area contributed by atoms with Gasteiger partial charge in [0, 0.05) is 25.1 Å². The van der Waals surface area contributed by atoms with E-state index in [2.05, 4.69) is 24.3 Å². The zero-order chi connectivity index (χ0) is 15.4. The minimum absolute atomic E-state index is 0.106. The molecular formula is C15H26N4O2. The molecule has 1 aromatic rings. The fourth-order valence-corrected chi connectivity index (χ4v) is 2.71. The molecule has 1 saturated heterocycles. The number of amides is 2. The zero-order valence-electron chi connectivity index (χ0n) is 13.1. The van der Waals surface area contributed by atoms with E-state index in [9.17, 15) is 9.90 Å². The largest absolute Gasteiger partial charge is 0.393 e. The van der Waals surface area contributed by atoms with Gasteiger partial charge < -0.3 is 10.0 Å². The number of hydrogen-bond acceptors (Lipinski definition) is 3. The summed E-state index contributed by atoms with van der Waals surface area (Å²) in [5.41, 5.74) is 0. The van der Waals surface area contributed by atoms with Crippen molar-refractivity contribution < 1.29 is 9.90 Å². The molecule has 2 N–H and O–H groups in total. The van der Waals surface area contributed by atoms with Crippen molar-refractivity contribution in [1.82, 2.24) is 14.7 Å². The van der Waals surface area contributed by atoms with Crippen LogP contribution in [0.4, 0.5) is 10.6 Å². The number of piperidine rings is 1. The van der Waals surface area contributed by atoms with Crippen molar-refractivity contribution in [1.29, 1.82) is 0 Å². The molecule has 0 radical (unpaired) electrons. The molecule has 2 amide bonds. The molecule has 1 aliphatic rings. The van der Waals surface area contributed by atoms with E-state index < -0.39 is 0 Å². The van der Waals surface area contributed by atoms with Gasteiger partial charge in [-0.25, -0.2) is 9.48 Å². The number of nitrogens with zero attached hydrogens (tertiary/aromatic N) is 3. The first-order valence-corrected chi connectivity index (χ1v) is 7.80. The van der Waals surface area contributed by atoms with Gasteiger partial charge in [-0.3, -0.25) is 5.32 Å². The highest BCUT2D eigenvalue weighted by Gasteiger charge is 2.27. The lowest BCUT2D eigenvalue weighted by Crippen LogP contribution is -2.45. The third-order valence-corrected chi connectivity index (χ3v) is 4.34. The molecule has 6 heteroatoms. The number of anilines is 1. The predicted octanol–water partition coefficient (Wildman–Crippen LogP) is 2.48. The summed E-state index contributed by atoms with van der Waals surface area (Å²) in [6.45, 7) is 7.32. The second-order valence-corrected chi connectivity index (χ2v) is 5.94. The second-order valence-electron chi connectivity index (χ2n) is 5.94. The van der Waals surface area contributed by atoms with Crippen molar-refractivity contribution in [2.24, 2.45) is 5.92 Å². The smallest absolute Gasteiger partial charge is 0.323 e. The maximum absolute atomic E-state index is 12.4. The Labute approximate surface area is 126 Å². The highest BCUT2D eigenvalue weighted by molar-refractivity contribution is 5.88. The van der Waals surface area contributed by atoms with E-state index in [1.807, 2.05) is 10.7 Å². The number of carbonyl (C=O) groups excluding carboxylic acids is 1. The fourth-order valence-electron chi connectivity index (χ4n) is 2.71. The van der Waals surface area contributed by atoms with Gasteiger partial charge in [0.15, 0.2) is 0 Å². The summed E-state index contributed by atoms with van der Waals surface area (Å²) < 4.78 is 1.84. The Bertz CT molecular complexity index is 472. The SMILES string of the molecule is CCC(C)n1nccc1NC(=O)N1CCCC(C(C)O)C1. The van der Waals surface area contributed by atoms with Crippen LogP contribution in [0, 0.1) is 5.92 Å². The van der Waals surface area contributed by atoms with E-state index in [1.165, 1.54) is 0 Å². The Morgan fingerprint density at radius 3 is 3.00 bits per heavy atom. The number of urea groups is 1. The number of rotatable bonds is 4. The summed E-state index contributed by atoms with van der Waals surface area (Å²) in [4.78, 5) is 14.2. The van der Waals surface area contributed by atoms with Crippen molar-refractivity contribution in [3.05, 3.63) is 12.3 Å². The summed E-state index contributed by atoms with van der Waals surface area (Å²) in [6.07, 6.45) is 4.21. The van der Waals surface area contributed by atoms with Crippen molar-refractivity contribution in [3.63, 3.8) is 0 Å². The minimum Gasteiger partial charge on any atom is -0.393 e. The minimum atomic E-state index is -0.369. The Morgan fingerprint density at radius 2 is 2.33 bits per heavy atom. The van der Waals surface area contributed by atoms with Crippen LogP contribution in [0.5, 0.6) is 0 Å². The molecule has 2 rings (SSSR count). The Balaban J connectivity index is 2.00. The number of likely N-dealkylation sites (tertiary alicyclic amines) is 1. The fraction of sp³-hybridized carbons (Fsp3) is 0.733. The molecule has 3 unspecified atom stereocenters. The molecule has 1 fully saturated rings. The molecule has 0 bridgehead atoms. The molecule has 0 saturated carbocycles. The number of aliphatic hydroxyl groups excluding tert-OH is 1. The number of carbonyl (C=O) groups is 1. The number of nitrogens with one attached hydrogen (secondary N) is 1. The maximum atomic E-state index is 12.4. The van der Waals surface area contributed by atoms with E-state index >= 15 is 0 Å². The van der Waals surface area contributed by atoms with Crippen LogP contribution in [0.2, 0.25) is 0 Å². The first kappa shape index (κ1) is 15.8. The van der Waals surface area contributed by atoms with Crippen LogP contribution in [0.1, 0.15) is 46.1 Å². The van der Waals surface area contributed by atoms with Crippen LogP contribution in [0.3, 0.4) is 0 Å². The Kier molecular flexibility index (Phi) is 5.22. The van der Waals surface area contributed by atoms with Crippen molar-refractivity contribution in [3.8, 4) is 0 Å². The van der Waals surface area contributed by atoms with Gasteiger partial charge in [-0.05, 0) is 33.1 Å². The Hall–Kier alpha value is -1.56. The molecule has 21 heavy (non-hydrogen) atoms. The zero-order valence-corrected chi connectivity index (χ0v) is 13.1. The Morgan fingerprint density at radius 1 is 1.57 bits per heavy atom. The quantitative estimate of drug-likeness (QED) is 0.896. The van der Waals surface area contributed by atoms with Gasteiger partial charge in [-0.1, -0.05) is 6.92 Å². The molecule has 1 aliphatic heterocycles. The highest BCUT2D eigenvalue weighted by atomic mass is 16.3. The molecular weight excluding hydrogens is 268 g/mol. The van der Waals surface area contributed by atoms with Gasteiger partial charge >= 0.3 is 6.03 Å². The molecule has 2 heterocycles. The number of aliphatic hydroxyl groups is 1. The first-order valence-electron chi connectivity index (χ1n) is 7.80. The van der Waals surface area contributed by atoms with Gasteiger partial charge in [-0.15, -0.1) is 0 Å². The van der Waals surface area contributed by atoms with Gasteiger partial charge in [0.05, 0.1) is 18.3 Å². The van der Waals surface area contributed by atoms with Gasteiger partial charge in [0.25, 0.3) is 0 Å². The summed E-state index contributed by atoms with van der Waals surface area (Å²) in [5.74, 6) is 0.900. The van der Waals surface area contributed by atoms with Crippen LogP contribution >= 0.6 is 0 Å². The van der Waals surface area contributed by atoms with E-state index in [0.29, 0.717) is 6.54 Å². The monoisotopic (exact) mass is 294 g/mol. The second kappa shape index (κ2) is 6.93. The summed E-state index contributed by atoms with van der Waals surface area (Å²) >= 11 is 0. The molecule has 0 aliphatic carbocycles. The number of aromatic nitrogens is 2. The molecule has 0 spiro atoms.